The van der Waals surface area contributed by atoms with E-state index in [0.29, 0.717) is 11.0 Å². The van der Waals surface area contributed by atoms with Crippen LogP contribution in [0.15, 0.2) is 41.8 Å². The van der Waals surface area contributed by atoms with Gasteiger partial charge >= 0.3 is 0 Å². The van der Waals surface area contributed by atoms with Crippen LogP contribution in [-0.2, 0) is 0 Å². The molecular formula is C16H13ClN2S. The van der Waals surface area contributed by atoms with E-state index in [1.54, 1.807) is 11.3 Å². The van der Waals surface area contributed by atoms with Crippen molar-refractivity contribution in [3.05, 3.63) is 58.1 Å². The van der Waals surface area contributed by atoms with Crippen molar-refractivity contribution in [2.75, 3.05) is 0 Å². The highest BCUT2D eigenvalue weighted by Crippen LogP contribution is 2.32. The summed E-state index contributed by atoms with van der Waals surface area (Å²) < 4.78 is 0. The molecule has 0 aliphatic heterocycles. The smallest absolute Gasteiger partial charge is 0.171 e. The monoisotopic (exact) mass is 300 g/mol. The predicted octanol–water partition coefficient (Wildman–Crippen LogP) is 5.14. The van der Waals surface area contributed by atoms with Crippen molar-refractivity contribution in [1.82, 2.24) is 9.97 Å². The highest BCUT2D eigenvalue weighted by atomic mass is 35.5. The molecule has 0 saturated carbocycles. The molecule has 0 saturated heterocycles. The number of aromatic nitrogens is 2. The van der Waals surface area contributed by atoms with E-state index in [2.05, 4.69) is 18.0 Å². The Morgan fingerprint density at radius 2 is 1.75 bits per heavy atom. The van der Waals surface area contributed by atoms with E-state index in [-0.39, 0.29) is 0 Å². The average molecular weight is 301 g/mol. The summed E-state index contributed by atoms with van der Waals surface area (Å²) in [5.74, 6) is 0.701. The van der Waals surface area contributed by atoms with Gasteiger partial charge < -0.3 is 0 Å². The zero-order valence-electron chi connectivity index (χ0n) is 11.2. The molecule has 3 rings (SSSR count). The van der Waals surface area contributed by atoms with Gasteiger partial charge in [-0.1, -0.05) is 41.9 Å². The normalized spacial score (nSPS) is 10.8. The van der Waals surface area contributed by atoms with Gasteiger partial charge in [-0.15, -0.1) is 11.3 Å². The largest absolute Gasteiger partial charge is 0.227 e. The molecular weight excluding hydrogens is 288 g/mol. The van der Waals surface area contributed by atoms with Crippen molar-refractivity contribution >= 4 is 22.9 Å². The van der Waals surface area contributed by atoms with Crippen LogP contribution in [0.4, 0.5) is 0 Å². The lowest BCUT2D eigenvalue weighted by atomic mass is 10.1. The van der Waals surface area contributed by atoms with Gasteiger partial charge in [0.2, 0.25) is 0 Å². The third-order valence-corrected chi connectivity index (χ3v) is 4.58. The van der Waals surface area contributed by atoms with Crippen LogP contribution in [0.2, 0.25) is 5.15 Å². The summed E-state index contributed by atoms with van der Waals surface area (Å²) in [6.45, 7) is 4.01. The summed E-state index contributed by atoms with van der Waals surface area (Å²) in [6, 6.07) is 12.1. The van der Waals surface area contributed by atoms with Crippen molar-refractivity contribution in [2.45, 2.75) is 13.8 Å². The van der Waals surface area contributed by atoms with Gasteiger partial charge in [0.1, 0.15) is 5.15 Å². The van der Waals surface area contributed by atoms with Gasteiger partial charge in [-0.3, -0.25) is 0 Å². The Bertz CT molecular complexity index is 750. The van der Waals surface area contributed by atoms with Crippen molar-refractivity contribution in [3.8, 4) is 22.0 Å². The van der Waals surface area contributed by atoms with Gasteiger partial charge in [0.25, 0.3) is 0 Å². The molecule has 0 atom stereocenters. The number of thiophene rings is 1. The number of aryl methyl sites for hydroxylation is 1. The Morgan fingerprint density at radius 1 is 1.00 bits per heavy atom. The SMILES string of the molecule is Cc1ccsc1-c1nc(Cl)c(C)c(-c2ccccc2)n1. The first-order valence-electron chi connectivity index (χ1n) is 6.31. The third-order valence-electron chi connectivity index (χ3n) is 3.20. The second-order valence-electron chi connectivity index (χ2n) is 4.61. The molecule has 0 aliphatic carbocycles. The van der Waals surface area contributed by atoms with Gasteiger partial charge in [-0.05, 0) is 30.9 Å². The lowest BCUT2D eigenvalue weighted by Crippen LogP contribution is -1.97. The summed E-state index contributed by atoms with van der Waals surface area (Å²) in [6.07, 6.45) is 0. The molecule has 0 N–H and O–H groups in total. The van der Waals surface area contributed by atoms with E-state index in [4.69, 9.17) is 16.6 Å². The number of hydrogen-bond donors (Lipinski definition) is 0. The molecule has 2 nitrogen and oxygen atoms in total. The van der Waals surface area contributed by atoms with Crippen LogP contribution in [0.1, 0.15) is 11.1 Å². The Kier molecular flexibility index (Phi) is 3.55. The number of rotatable bonds is 2. The fourth-order valence-corrected chi connectivity index (χ4v) is 3.10. The van der Waals surface area contributed by atoms with E-state index in [1.807, 2.05) is 42.6 Å². The van der Waals surface area contributed by atoms with E-state index in [9.17, 15) is 0 Å². The second kappa shape index (κ2) is 5.35. The van der Waals surface area contributed by atoms with Crippen molar-refractivity contribution in [1.29, 1.82) is 0 Å². The van der Waals surface area contributed by atoms with Crippen molar-refractivity contribution < 1.29 is 0 Å². The zero-order valence-corrected chi connectivity index (χ0v) is 12.8. The molecule has 0 fully saturated rings. The molecule has 0 radical (unpaired) electrons. The average Bonchev–Trinajstić information content (AvgIpc) is 2.89. The maximum Gasteiger partial charge on any atom is 0.171 e. The first kappa shape index (κ1) is 13.3. The summed E-state index contributed by atoms with van der Waals surface area (Å²) in [4.78, 5) is 10.2. The van der Waals surface area contributed by atoms with Gasteiger partial charge in [0.05, 0.1) is 10.6 Å². The molecule has 4 heteroatoms. The van der Waals surface area contributed by atoms with Gasteiger partial charge in [-0.2, -0.15) is 0 Å². The lowest BCUT2D eigenvalue weighted by Gasteiger charge is -2.09. The molecule has 0 aliphatic rings. The lowest BCUT2D eigenvalue weighted by molar-refractivity contribution is 1.15. The number of nitrogens with zero attached hydrogens (tertiary/aromatic N) is 2. The van der Waals surface area contributed by atoms with Crippen LogP contribution >= 0.6 is 22.9 Å². The molecule has 0 unspecified atom stereocenters. The van der Waals surface area contributed by atoms with Gasteiger partial charge in [0, 0.05) is 11.1 Å². The Morgan fingerprint density at radius 3 is 2.40 bits per heavy atom. The summed E-state index contributed by atoms with van der Waals surface area (Å²) in [5.41, 5.74) is 4.04. The van der Waals surface area contributed by atoms with E-state index >= 15 is 0 Å². The Hall–Kier alpha value is -1.71. The molecule has 1 aromatic carbocycles. The molecule has 100 valence electrons. The first-order chi connectivity index (χ1) is 9.66. The minimum absolute atomic E-state index is 0.515. The van der Waals surface area contributed by atoms with E-state index in [0.717, 1.165) is 21.7 Å². The minimum atomic E-state index is 0.515. The molecule has 0 bridgehead atoms. The summed E-state index contributed by atoms with van der Waals surface area (Å²) in [5, 5.41) is 2.56. The maximum atomic E-state index is 6.29. The highest BCUT2D eigenvalue weighted by molar-refractivity contribution is 7.13. The molecule has 0 amide bonds. The fraction of sp³-hybridized carbons (Fsp3) is 0.125. The molecule has 2 heterocycles. The summed E-state index contributed by atoms with van der Waals surface area (Å²) >= 11 is 7.93. The second-order valence-corrected chi connectivity index (χ2v) is 5.88. The van der Waals surface area contributed by atoms with Crippen molar-refractivity contribution in [3.63, 3.8) is 0 Å². The van der Waals surface area contributed by atoms with E-state index in [1.165, 1.54) is 5.56 Å². The Labute approximate surface area is 127 Å². The highest BCUT2D eigenvalue weighted by Gasteiger charge is 2.14. The third kappa shape index (κ3) is 2.35. The molecule has 3 aromatic rings. The maximum absolute atomic E-state index is 6.29. The topological polar surface area (TPSA) is 25.8 Å². The molecule has 2 aromatic heterocycles. The van der Waals surface area contributed by atoms with Crippen LogP contribution < -0.4 is 0 Å². The first-order valence-corrected chi connectivity index (χ1v) is 7.56. The zero-order chi connectivity index (χ0) is 14.1. The minimum Gasteiger partial charge on any atom is -0.227 e. The van der Waals surface area contributed by atoms with Gasteiger partial charge in [0.15, 0.2) is 5.82 Å². The number of halogens is 1. The van der Waals surface area contributed by atoms with E-state index < -0.39 is 0 Å². The number of hydrogen-bond acceptors (Lipinski definition) is 3. The number of benzene rings is 1. The van der Waals surface area contributed by atoms with Crippen LogP contribution in [0, 0.1) is 13.8 Å². The van der Waals surface area contributed by atoms with Crippen LogP contribution in [0.5, 0.6) is 0 Å². The molecule has 0 spiro atoms. The Balaban J connectivity index is 2.21. The predicted molar refractivity (Wildman–Crippen MR) is 85.3 cm³/mol. The van der Waals surface area contributed by atoms with Crippen LogP contribution in [-0.4, -0.2) is 9.97 Å². The standard InChI is InChI=1S/C16H13ClN2S/c1-10-8-9-20-14(10)16-18-13(11(2)15(17)19-16)12-6-4-3-5-7-12/h3-9H,1-2H3. The summed E-state index contributed by atoms with van der Waals surface area (Å²) in [7, 11) is 0. The fourth-order valence-electron chi connectivity index (χ4n) is 2.07. The van der Waals surface area contributed by atoms with Crippen LogP contribution in [0.25, 0.3) is 22.0 Å². The van der Waals surface area contributed by atoms with Crippen LogP contribution in [0.3, 0.4) is 0 Å². The van der Waals surface area contributed by atoms with Crippen molar-refractivity contribution in [2.24, 2.45) is 0 Å². The molecule has 20 heavy (non-hydrogen) atoms. The quantitative estimate of drug-likeness (QED) is 0.612. The van der Waals surface area contributed by atoms with Gasteiger partial charge in [-0.25, -0.2) is 9.97 Å².